The third kappa shape index (κ3) is 7.20. The monoisotopic (exact) mass is 530 g/mol. The van der Waals surface area contributed by atoms with Crippen LogP contribution in [0.25, 0.3) is 0 Å². The first-order valence-corrected chi connectivity index (χ1v) is 12.0. The predicted molar refractivity (Wildman–Crippen MR) is 124 cm³/mol. The first-order chi connectivity index (χ1) is 16.5. The standard InChI is InChI=1S/C22H22ClF3N4O4S/c1-30(2)9-10-33-18-11-15(7-8-17(18)23)13-34-19-12-27-14-28-21(19)29-35(31,32)20-6-4-3-5-16(20)22(24,25)26/h3-8,11-12,14H,9-10,13H2,1-2H3,(H,27,28,29). The fraction of sp³-hybridized carbons (Fsp3) is 0.273. The van der Waals surface area contributed by atoms with E-state index in [1.165, 1.54) is 12.3 Å². The molecule has 3 rings (SSSR count). The zero-order valence-corrected chi connectivity index (χ0v) is 20.3. The SMILES string of the molecule is CN(C)CCOc1cc(COc2cncnc2NS(=O)(=O)c2ccccc2C(F)(F)F)ccc1Cl. The summed E-state index contributed by atoms with van der Waals surface area (Å²) >= 11 is 6.17. The minimum Gasteiger partial charge on any atom is -0.491 e. The second-order valence-corrected chi connectivity index (χ2v) is 9.60. The van der Waals surface area contributed by atoms with Crippen LogP contribution in [0, 0.1) is 0 Å². The van der Waals surface area contributed by atoms with Crippen LogP contribution in [0.1, 0.15) is 11.1 Å². The molecule has 0 aliphatic heterocycles. The number of nitrogens with zero attached hydrogens (tertiary/aromatic N) is 3. The molecular formula is C22H22ClF3N4O4S. The molecule has 0 atom stereocenters. The maximum absolute atomic E-state index is 13.3. The van der Waals surface area contributed by atoms with Crippen LogP contribution < -0.4 is 14.2 Å². The Morgan fingerprint density at radius 2 is 1.83 bits per heavy atom. The van der Waals surface area contributed by atoms with Gasteiger partial charge in [-0.3, -0.25) is 4.72 Å². The van der Waals surface area contributed by atoms with Crippen LogP contribution in [0.3, 0.4) is 0 Å². The van der Waals surface area contributed by atoms with Crippen molar-refractivity contribution in [3.8, 4) is 11.5 Å². The van der Waals surface area contributed by atoms with Gasteiger partial charge in [0.15, 0.2) is 11.6 Å². The molecule has 0 radical (unpaired) electrons. The average Bonchev–Trinajstić information content (AvgIpc) is 2.79. The first-order valence-electron chi connectivity index (χ1n) is 10.1. The van der Waals surface area contributed by atoms with Gasteiger partial charge in [-0.25, -0.2) is 18.4 Å². The molecule has 0 saturated carbocycles. The molecular weight excluding hydrogens is 509 g/mol. The number of aromatic nitrogens is 2. The number of rotatable bonds is 10. The van der Waals surface area contributed by atoms with Crippen LogP contribution in [-0.2, 0) is 22.8 Å². The van der Waals surface area contributed by atoms with E-state index in [0.717, 1.165) is 18.5 Å². The molecule has 0 amide bonds. The average molecular weight is 531 g/mol. The second kappa shape index (κ2) is 11.1. The Kier molecular flexibility index (Phi) is 8.41. The number of anilines is 1. The maximum atomic E-state index is 13.3. The topological polar surface area (TPSA) is 93.7 Å². The highest BCUT2D eigenvalue weighted by molar-refractivity contribution is 7.92. The summed E-state index contributed by atoms with van der Waals surface area (Å²) in [6.45, 7) is 1.05. The third-order valence-electron chi connectivity index (χ3n) is 4.58. The molecule has 0 unspecified atom stereocenters. The van der Waals surface area contributed by atoms with Gasteiger partial charge in [-0.1, -0.05) is 29.8 Å². The number of hydrogen-bond donors (Lipinski definition) is 1. The molecule has 8 nitrogen and oxygen atoms in total. The van der Waals surface area contributed by atoms with Crippen molar-refractivity contribution < 1.29 is 31.1 Å². The Bertz CT molecular complexity index is 1270. The summed E-state index contributed by atoms with van der Waals surface area (Å²) in [6.07, 6.45) is -2.62. The maximum Gasteiger partial charge on any atom is 0.417 e. The summed E-state index contributed by atoms with van der Waals surface area (Å²) in [4.78, 5) is 8.64. The van der Waals surface area contributed by atoms with Crippen molar-refractivity contribution in [2.45, 2.75) is 17.7 Å². The lowest BCUT2D eigenvalue weighted by molar-refractivity contribution is -0.139. The van der Waals surface area contributed by atoms with E-state index in [1.54, 1.807) is 18.2 Å². The van der Waals surface area contributed by atoms with E-state index < -0.39 is 26.7 Å². The first kappa shape index (κ1) is 26.5. The largest absolute Gasteiger partial charge is 0.491 e. The molecule has 13 heteroatoms. The molecule has 0 spiro atoms. The fourth-order valence-electron chi connectivity index (χ4n) is 2.86. The third-order valence-corrected chi connectivity index (χ3v) is 6.29. The minimum absolute atomic E-state index is 0.0392. The Morgan fingerprint density at radius 3 is 2.54 bits per heavy atom. The molecule has 35 heavy (non-hydrogen) atoms. The number of nitrogens with one attached hydrogen (secondary N) is 1. The summed E-state index contributed by atoms with van der Waals surface area (Å²) < 4.78 is 78.9. The Morgan fingerprint density at radius 1 is 1.09 bits per heavy atom. The second-order valence-electron chi connectivity index (χ2n) is 7.54. The van der Waals surface area contributed by atoms with Gasteiger partial charge in [0.25, 0.3) is 10.0 Å². The van der Waals surface area contributed by atoms with Crippen molar-refractivity contribution >= 4 is 27.4 Å². The lowest BCUT2D eigenvalue weighted by Gasteiger charge is -2.16. The van der Waals surface area contributed by atoms with Crippen LogP contribution in [0.4, 0.5) is 19.0 Å². The zero-order chi connectivity index (χ0) is 25.6. The van der Waals surface area contributed by atoms with Crippen LogP contribution in [0.2, 0.25) is 5.02 Å². The van der Waals surface area contributed by atoms with E-state index in [-0.39, 0.29) is 18.2 Å². The van der Waals surface area contributed by atoms with E-state index in [9.17, 15) is 21.6 Å². The van der Waals surface area contributed by atoms with Crippen molar-refractivity contribution in [2.24, 2.45) is 0 Å². The summed E-state index contributed by atoms with van der Waals surface area (Å²) in [7, 11) is -0.829. The highest BCUT2D eigenvalue weighted by atomic mass is 35.5. The molecule has 0 saturated heterocycles. The quantitative estimate of drug-likeness (QED) is 0.413. The van der Waals surface area contributed by atoms with Gasteiger partial charge in [0.2, 0.25) is 0 Å². The minimum atomic E-state index is -4.86. The van der Waals surface area contributed by atoms with Crippen molar-refractivity contribution in [1.29, 1.82) is 0 Å². The van der Waals surface area contributed by atoms with Crippen LogP contribution in [0.15, 0.2) is 59.9 Å². The number of likely N-dealkylation sites (N-methyl/N-ethyl adjacent to an activating group) is 1. The summed E-state index contributed by atoms with van der Waals surface area (Å²) in [5, 5.41) is 0.410. The number of hydrogen-bond acceptors (Lipinski definition) is 7. The Balaban J connectivity index is 1.78. The smallest absolute Gasteiger partial charge is 0.417 e. The Labute approximate surface area is 205 Å². The number of halogens is 4. The predicted octanol–water partition coefficient (Wildman–Crippen LogP) is 4.47. The number of alkyl halides is 3. The van der Waals surface area contributed by atoms with E-state index in [2.05, 4.69) is 14.7 Å². The zero-order valence-electron chi connectivity index (χ0n) is 18.7. The van der Waals surface area contributed by atoms with Crippen molar-refractivity contribution in [2.75, 3.05) is 32.0 Å². The lowest BCUT2D eigenvalue weighted by Crippen LogP contribution is -2.20. The fourth-order valence-corrected chi connectivity index (χ4v) is 4.28. The molecule has 3 aromatic rings. The molecule has 0 bridgehead atoms. The lowest BCUT2D eigenvalue weighted by atomic mass is 10.2. The van der Waals surface area contributed by atoms with Gasteiger partial charge >= 0.3 is 6.18 Å². The van der Waals surface area contributed by atoms with Gasteiger partial charge in [0.05, 0.1) is 21.7 Å². The van der Waals surface area contributed by atoms with Crippen molar-refractivity contribution in [1.82, 2.24) is 14.9 Å². The highest BCUT2D eigenvalue weighted by Crippen LogP contribution is 2.35. The summed E-state index contributed by atoms with van der Waals surface area (Å²) in [6, 6.07) is 8.83. The molecule has 1 aromatic heterocycles. The molecule has 1 heterocycles. The molecule has 1 N–H and O–H groups in total. The van der Waals surface area contributed by atoms with Crippen molar-refractivity contribution in [3.05, 3.63) is 71.1 Å². The number of sulfonamides is 1. The molecule has 188 valence electrons. The molecule has 0 fully saturated rings. The number of ether oxygens (including phenoxy) is 2. The van der Waals surface area contributed by atoms with Gasteiger partial charge in [-0.05, 0) is 43.9 Å². The van der Waals surface area contributed by atoms with E-state index in [1.807, 2.05) is 19.0 Å². The molecule has 2 aromatic carbocycles. The molecule has 0 aliphatic rings. The van der Waals surface area contributed by atoms with Gasteiger partial charge in [-0.2, -0.15) is 13.2 Å². The van der Waals surface area contributed by atoms with Crippen LogP contribution >= 0.6 is 11.6 Å². The van der Waals surface area contributed by atoms with Gasteiger partial charge < -0.3 is 14.4 Å². The van der Waals surface area contributed by atoms with E-state index in [0.29, 0.717) is 35.6 Å². The van der Waals surface area contributed by atoms with E-state index in [4.69, 9.17) is 21.1 Å². The van der Waals surface area contributed by atoms with E-state index >= 15 is 0 Å². The van der Waals surface area contributed by atoms with Crippen LogP contribution in [-0.4, -0.2) is 50.5 Å². The van der Waals surface area contributed by atoms with Crippen LogP contribution in [0.5, 0.6) is 11.5 Å². The van der Waals surface area contributed by atoms with Gasteiger partial charge in [0.1, 0.15) is 25.3 Å². The normalized spacial score (nSPS) is 12.0. The summed E-state index contributed by atoms with van der Waals surface area (Å²) in [5.41, 5.74) is -0.652. The van der Waals surface area contributed by atoms with Gasteiger partial charge in [0, 0.05) is 6.54 Å². The number of benzene rings is 2. The highest BCUT2D eigenvalue weighted by Gasteiger charge is 2.37. The Hall–Kier alpha value is -3.09. The molecule has 0 aliphatic carbocycles. The van der Waals surface area contributed by atoms with Gasteiger partial charge in [-0.15, -0.1) is 0 Å². The van der Waals surface area contributed by atoms with Crippen molar-refractivity contribution in [3.63, 3.8) is 0 Å². The summed E-state index contributed by atoms with van der Waals surface area (Å²) in [5.74, 6) is 0.0580.